The summed E-state index contributed by atoms with van der Waals surface area (Å²) in [4.78, 5) is 0. The van der Waals surface area contributed by atoms with E-state index in [1.165, 1.54) is 0 Å². The Hall–Kier alpha value is 0.200. The Bertz CT molecular complexity index is 321. The van der Waals surface area contributed by atoms with Gasteiger partial charge in [0.25, 0.3) is 0 Å². The number of ether oxygens (including phenoxy) is 1. The van der Waals surface area contributed by atoms with Crippen LogP contribution in [-0.4, -0.2) is 26.4 Å². The average molecular weight is 239 g/mol. The van der Waals surface area contributed by atoms with Crippen molar-refractivity contribution >= 4 is 19.7 Å². The molecule has 2 rings (SSSR count). The van der Waals surface area contributed by atoms with E-state index in [0.29, 0.717) is 12.8 Å². The molecule has 0 heterocycles. The van der Waals surface area contributed by atoms with Gasteiger partial charge >= 0.3 is 0 Å². The highest BCUT2D eigenvalue weighted by Gasteiger charge is 2.61. The molecule has 0 spiro atoms. The van der Waals surface area contributed by atoms with Crippen LogP contribution >= 0.6 is 10.7 Å². The van der Waals surface area contributed by atoms with E-state index in [1.807, 2.05) is 0 Å². The maximum absolute atomic E-state index is 11.5. The van der Waals surface area contributed by atoms with E-state index >= 15 is 0 Å². The smallest absolute Gasteiger partial charge is 0.238 e. The van der Waals surface area contributed by atoms with Crippen molar-refractivity contribution in [2.24, 2.45) is 5.92 Å². The van der Waals surface area contributed by atoms with Gasteiger partial charge < -0.3 is 4.74 Å². The van der Waals surface area contributed by atoms with E-state index in [2.05, 4.69) is 0 Å². The molecule has 14 heavy (non-hydrogen) atoms. The molecule has 0 saturated heterocycles. The molecule has 2 aliphatic rings. The fourth-order valence-electron chi connectivity index (χ4n) is 2.73. The van der Waals surface area contributed by atoms with Gasteiger partial charge in [0.15, 0.2) is 0 Å². The molecule has 2 aliphatic carbocycles. The molecule has 2 fully saturated rings. The molecule has 5 heteroatoms. The lowest BCUT2D eigenvalue weighted by atomic mass is 9.99. The minimum absolute atomic E-state index is 0.0889. The van der Waals surface area contributed by atoms with Gasteiger partial charge in [0, 0.05) is 23.7 Å². The molecule has 2 saturated carbocycles. The quantitative estimate of drug-likeness (QED) is 0.706. The lowest BCUT2D eigenvalue weighted by Gasteiger charge is -2.25. The Labute approximate surface area is 89.2 Å². The first-order valence-corrected chi connectivity index (χ1v) is 7.29. The van der Waals surface area contributed by atoms with Gasteiger partial charge in [-0.1, -0.05) is 6.42 Å². The summed E-state index contributed by atoms with van der Waals surface area (Å²) in [6.45, 7) is 0. The maximum Gasteiger partial charge on any atom is 0.238 e. The fourth-order valence-corrected chi connectivity index (χ4v) is 4.76. The number of rotatable bonds is 3. The van der Waals surface area contributed by atoms with Crippen LogP contribution in [-0.2, 0) is 13.8 Å². The third-order valence-electron chi connectivity index (χ3n) is 3.66. The average Bonchev–Trinajstić information content (AvgIpc) is 2.78. The summed E-state index contributed by atoms with van der Waals surface area (Å²) in [5, 5.41) is 0. The second-order valence-corrected chi connectivity index (χ2v) is 7.22. The van der Waals surface area contributed by atoms with Crippen molar-refractivity contribution in [2.45, 2.75) is 43.0 Å². The minimum Gasteiger partial charge on any atom is -0.381 e. The Balaban J connectivity index is 2.23. The highest BCUT2D eigenvalue weighted by molar-refractivity contribution is 8.15. The Morgan fingerprint density at radius 1 is 1.36 bits per heavy atom. The summed E-state index contributed by atoms with van der Waals surface area (Å²) in [6.07, 6.45) is 4.47. The highest BCUT2D eigenvalue weighted by atomic mass is 35.7. The van der Waals surface area contributed by atoms with Gasteiger partial charge in [-0.2, -0.15) is 0 Å². The first-order chi connectivity index (χ1) is 6.51. The molecule has 3 nitrogen and oxygen atoms in total. The second kappa shape index (κ2) is 3.35. The zero-order valence-corrected chi connectivity index (χ0v) is 9.77. The summed E-state index contributed by atoms with van der Waals surface area (Å²) < 4.78 is 27.6. The van der Waals surface area contributed by atoms with Gasteiger partial charge in [-0.3, -0.25) is 0 Å². The zero-order chi connectivity index (χ0) is 10.4. The minimum atomic E-state index is -3.43. The predicted octanol–water partition coefficient (Wildman–Crippen LogP) is 1.90. The molecule has 0 radical (unpaired) electrons. The third-order valence-corrected chi connectivity index (χ3v) is 6.26. The maximum atomic E-state index is 11.5. The first kappa shape index (κ1) is 10.7. The number of methoxy groups -OCH3 is 1. The Kier molecular flexibility index (Phi) is 2.57. The molecular weight excluding hydrogens is 224 g/mol. The van der Waals surface area contributed by atoms with Crippen LogP contribution in [0.2, 0.25) is 0 Å². The fraction of sp³-hybridized carbons (Fsp3) is 1.00. The van der Waals surface area contributed by atoms with Crippen molar-refractivity contribution in [3.05, 3.63) is 0 Å². The predicted molar refractivity (Wildman–Crippen MR) is 54.9 cm³/mol. The molecule has 0 aromatic carbocycles. The topological polar surface area (TPSA) is 43.4 Å². The largest absolute Gasteiger partial charge is 0.381 e. The summed E-state index contributed by atoms with van der Waals surface area (Å²) in [6, 6.07) is 0. The zero-order valence-electron chi connectivity index (χ0n) is 8.20. The third kappa shape index (κ3) is 1.48. The van der Waals surface area contributed by atoms with Crippen molar-refractivity contribution < 1.29 is 13.2 Å². The molecule has 2 atom stereocenters. The van der Waals surface area contributed by atoms with Crippen LogP contribution < -0.4 is 0 Å². The lowest BCUT2D eigenvalue weighted by molar-refractivity contribution is 0.0669. The van der Waals surface area contributed by atoms with Crippen LogP contribution in [0.15, 0.2) is 0 Å². The van der Waals surface area contributed by atoms with E-state index in [1.54, 1.807) is 7.11 Å². The van der Waals surface area contributed by atoms with Crippen molar-refractivity contribution in [2.75, 3.05) is 7.11 Å². The Morgan fingerprint density at radius 3 is 2.43 bits per heavy atom. The number of hydrogen-bond donors (Lipinski definition) is 0. The summed E-state index contributed by atoms with van der Waals surface area (Å²) in [5.74, 6) is 0.120. The van der Waals surface area contributed by atoms with Crippen LogP contribution in [0.1, 0.15) is 32.1 Å². The molecule has 0 aromatic rings. The van der Waals surface area contributed by atoms with E-state index in [-0.39, 0.29) is 12.0 Å². The standard InChI is InChI=1S/C9H15ClO3S/c1-13-8-4-2-3-7(8)9(5-6-9)14(10,11)12/h7-8H,2-6H2,1H3. The van der Waals surface area contributed by atoms with Crippen molar-refractivity contribution in [3.63, 3.8) is 0 Å². The highest BCUT2D eigenvalue weighted by Crippen LogP contribution is 2.56. The van der Waals surface area contributed by atoms with Crippen molar-refractivity contribution in [3.8, 4) is 0 Å². The molecular formula is C9H15ClO3S. The van der Waals surface area contributed by atoms with E-state index < -0.39 is 13.8 Å². The van der Waals surface area contributed by atoms with Crippen LogP contribution in [0, 0.1) is 5.92 Å². The van der Waals surface area contributed by atoms with Crippen LogP contribution in [0.5, 0.6) is 0 Å². The second-order valence-electron chi connectivity index (χ2n) is 4.31. The lowest BCUT2D eigenvalue weighted by Crippen LogP contribution is -2.34. The number of hydrogen-bond acceptors (Lipinski definition) is 3. The van der Waals surface area contributed by atoms with Gasteiger partial charge in [0.1, 0.15) is 0 Å². The van der Waals surface area contributed by atoms with E-state index in [9.17, 15) is 8.42 Å². The summed E-state index contributed by atoms with van der Waals surface area (Å²) in [5.41, 5.74) is 0. The van der Waals surface area contributed by atoms with Gasteiger partial charge in [-0.25, -0.2) is 8.42 Å². The van der Waals surface area contributed by atoms with E-state index in [0.717, 1.165) is 19.3 Å². The molecule has 82 valence electrons. The summed E-state index contributed by atoms with van der Waals surface area (Å²) >= 11 is 0. The van der Waals surface area contributed by atoms with Gasteiger partial charge in [-0.05, 0) is 25.7 Å². The monoisotopic (exact) mass is 238 g/mol. The van der Waals surface area contributed by atoms with Crippen LogP contribution in [0.25, 0.3) is 0 Å². The summed E-state index contributed by atoms with van der Waals surface area (Å²) in [7, 11) is 3.73. The SMILES string of the molecule is COC1CCCC1C1(S(=O)(=O)Cl)CC1. The van der Waals surface area contributed by atoms with Crippen LogP contribution in [0.3, 0.4) is 0 Å². The molecule has 0 amide bonds. The molecule has 0 bridgehead atoms. The first-order valence-electron chi connectivity index (χ1n) is 4.98. The number of halogens is 1. The molecule has 0 N–H and O–H groups in total. The normalized spacial score (nSPS) is 35.9. The van der Waals surface area contributed by atoms with Crippen molar-refractivity contribution in [1.82, 2.24) is 0 Å². The Morgan fingerprint density at radius 2 is 2.00 bits per heavy atom. The van der Waals surface area contributed by atoms with Gasteiger partial charge in [0.05, 0.1) is 10.9 Å². The molecule has 0 aliphatic heterocycles. The molecule has 0 aromatic heterocycles. The van der Waals surface area contributed by atoms with Gasteiger partial charge in [-0.15, -0.1) is 0 Å². The van der Waals surface area contributed by atoms with Gasteiger partial charge in [0.2, 0.25) is 9.05 Å². The molecule has 2 unspecified atom stereocenters. The van der Waals surface area contributed by atoms with E-state index in [4.69, 9.17) is 15.4 Å². The van der Waals surface area contributed by atoms with Crippen LogP contribution in [0.4, 0.5) is 0 Å². The van der Waals surface area contributed by atoms with Crippen molar-refractivity contribution in [1.29, 1.82) is 0 Å².